The molecule has 0 heterocycles. The van der Waals surface area contributed by atoms with Crippen LogP contribution in [0.4, 0.5) is 0 Å². The van der Waals surface area contributed by atoms with Gasteiger partial charge in [0.15, 0.2) is 0 Å². The topological polar surface area (TPSA) is 6.48 Å². The molecule has 0 fully saturated rings. The van der Waals surface area contributed by atoms with E-state index in [1.165, 1.54) is 12.8 Å². The summed E-state index contributed by atoms with van der Waals surface area (Å²) in [6.45, 7) is 12.7. The zero-order chi connectivity index (χ0) is 14.7. The van der Waals surface area contributed by atoms with Crippen molar-refractivity contribution < 1.29 is 0 Å². The second-order valence-corrected chi connectivity index (χ2v) is 7.61. The molecule has 0 N–H and O–H groups in total. The number of unbranched alkanes of at least 4 members (excludes halogenated alkanes) is 1. The van der Waals surface area contributed by atoms with E-state index >= 15 is 0 Å². The van der Waals surface area contributed by atoms with E-state index < -0.39 is 0 Å². The first kappa shape index (κ1) is 19.5. The Bertz CT molecular complexity index is 271. The van der Waals surface area contributed by atoms with Crippen molar-refractivity contribution in [2.24, 2.45) is 0 Å². The molecule has 19 heavy (non-hydrogen) atoms. The molecule has 0 saturated carbocycles. The van der Waals surface area contributed by atoms with Gasteiger partial charge in [0.05, 0.1) is 0 Å². The van der Waals surface area contributed by atoms with Crippen LogP contribution in [0.3, 0.4) is 0 Å². The lowest BCUT2D eigenvalue weighted by atomic mass is 10.3. The average molecular weight is 339 g/mol. The molecule has 0 bridgehead atoms. The second-order valence-electron chi connectivity index (χ2n) is 4.21. The minimum atomic E-state index is 0.947. The van der Waals surface area contributed by atoms with Crippen LogP contribution in [-0.4, -0.2) is 44.6 Å². The van der Waals surface area contributed by atoms with Crippen LogP contribution in [0, 0.1) is 0 Å². The first-order chi connectivity index (χ1) is 9.10. The Kier molecular flexibility index (Phi) is 12.5. The van der Waals surface area contributed by atoms with E-state index in [0.717, 1.165) is 41.2 Å². The smallest absolute Gasteiger partial charge is 0.147 e. The highest BCUT2D eigenvalue weighted by molar-refractivity contribution is 8.89. The monoisotopic (exact) mass is 338 g/mol. The maximum Gasteiger partial charge on any atom is 0.147 e. The summed E-state index contributed by atoms with van der Waals surface area (Å²) in [5.74, 6) is 0. The zero-order valence-electron chi connectivity index (χ0n) is 12.5. The molecular formula is C13H26N2S4. The fourth-order valence-corrected chi connectivity index (χ4v) is 4.46. The Balaban J connectivity index is 4.14. The first-order valence-electron chi connectivity index (χ1n) is 7.02. The standard InChI is InChI=1S/C13H26N2S4/c1-5-9-11-15(8-4)13(17)19-18-12(16)14(7-3)10-6-2/h5-11H2,1-4H3. The van der Waals surface area contributed by atoms with E-state index in [1.54, 1.807) is 21.6 Å². The van der Waals surface area contributed by atoms with Crippen LogP contribution >= 0.6 is 46.0 Å². The summed E-state index contributed by atoms with van der Waals surface area (Å²) < 4.78 is 1.90. The average Bonchev–Trinajstić information content (AvgIpc) is 2.42. The van der Waals surface area contributed by atoms with Crippen molar-refractivity contribution in [3.05, 3.63) is 0 Å². The van der Waals surface area contributed by atoms with Crippen LogP contribution in [0.2, 0.25) is 0 Å². The molecule has 0 aliphatic carbocycles. The molecule has 0 radical (unpaired) electrons. The van der Waals surface area contributed by atoms with Gasteiger partial charge in [-0.15, -0.1) is 0 Å². The third-order valence-corrected chi connectivity index (χ3v) is 6.47. The quantitative estimate of drug-likeness (QED) is 0.483. The minimum absolute atomic E-state index is 0.947. The van der Waals surface area contributed by atoms with Gasteiger partial charge in [-0.05, 0) is 48.3 Å². The lowest BCUT2D eigenvalue weighted by molar-refractivity contribution is 0.442. The largest absolute Gasteiger partial charge is 0.357 e. The van der Waals surface area contributed by atoms with Crippen molar-refractivity contribution in [1.82, 2.24) is 9.80 Å². The van der Waals surface area contributed by atoms with Crippen LogP contribution < -0.4 is 0 Å². The van der Waals surface area contributed by atoms with Gasteiger partial charge in [0, 0.05) is 26.2 Å². The molecule has 0 aromatic carbocycles. The molecule has 0 amide bonds. The number of rotatable bonds is 7. The van der Waals surface area contributed by atoms with Gasteiger partial charge >= 0.3 is 0 Å². The van der Waals surface area contributed by atoms with Gasteiger partial charge in [-0.2, -0.15) is 0 Å². The third kappa shape index (κ3) is 8.38. The molecule has 0 aromatic rings. The highest BCUT2D eigenvalue weighted by Crippen LogP contribution is 2.28. The summed E-state index contributed by atoms with van der Waals surface area (Å²) in [5.41, 5.74) is 0. The molecule has 0 aliphatic rings. The second kappa shape index (κ2) is 12.2. The van der Waals surface area contributed by atoms with Gasteiger partial charge in [0.2, 0.25) is 0 Å². The molecule has 0 atom stereocenters. The minimum Gasteiger partial charge on any atom is -0.357 e. The molecule has 0 spiro atoms. The summed E-state index contributed by atoms with van der Waals surface area (Å²) in [5, 5.41) is 0. The SMILES string of the molecule is CCCCN(CC)C(=S)SSC(=S)N(CC)CCC. The van der Waals surface area contributed by atoms with E-state index in [9.17, 15) is 0 Å². The molecule has 0 rings (SSSR count). The van der Waals surface area contributed by atoms with Gasteiger partial charge in [-0.3, -0.25) is 0 Å². The zero-order valence-corrected chi connectivity index (χ0v) is 15.7. The maximum absolute atomic E-state index is 5.48. The van der Waals surface area contributed by atoms with Crippen molar-refractivity contribution >= 4 is 54.7 Å². The first-order valence-corrected chi connectivity index (χ1v) is 9.99. The molecule has 6 heteroatoms. The van der Waals surface area contributed by atoms with Gasteiger partial charge in [0.1, 0.15) is 8.64 Å². The number of thiocarbonyl (C=S) groups is 2. The Morgan fingerprint density at radius 3 is 1.63 bits per heavy atom. The molecule has 0 unspecified atom stereocenters. The van der Waals surface area contributed by atoms with Crippen LogP contribution in [-0.2, 0) is 0 Å². The number of hydrogen-bond donors (Lipinski definition) is 0. The predicted molar refractivity (Wildman–Crippen MR) is 100 cm³/mol. The van der Waals surface area contributed by atoms with Crippen molar-refractivity contribution in [3.8, 4) is 0 Å². The molecular weight excluding hydrogens is 312 g/mol. The molecule has 0 aromatic heterocycles. The van der Waals surface area contributed by atoms with Crippen molar-refractivity contribution in [2.45, 2.75) is 47.0 Å². The van der Waals surface area contributed by atoms with Crippen molar-refractivity contribution in [1.29, 1.82) is 0 Å². The number of hydrogen-bond acceptors (Lipinski definition) is 4. The summed E-state index contributed by atoms with van der Waals surface area (Å²) >= 11 is 10.9. The lowest BCUT2D eigenvalue weighted by Gasteiger charge is -2.25. The van der Waals surface area contributed by atoms with Crippen LogP contribution in [0.1, 0.15) is 47.0 Å². The Hall–Kier alpha value is 0.480. The summed E-state index contributed by atoms with van der Waals surface area (Å²) in [6, 6.07) is 0. The fourth-order valence-electron chi connectivity index (χ4n) is 1.55. The van der Waals surface area contributed by atoms with Crippen LogP contribution in [0.25, 0.3) is 0 Å². The highest BCUT2D eigenvalue weighted by atomic mass is 33.1. The third-order valence-electron chi connectivity index (χ3n) is 2.74. The highest BCUT2D eigenvalue weighted by Gasteiger charge is 2.12. The van der Waals surface area contributed by atoms with E-state index in [4.69, 9.17) is 24.4 Å². The van der Waals surface area contributed by atoms with Gasteiger partial charge in [-0.25, -0.2) is 0 Å². The van der Waals surface area contributed by atoms with Crippen LogP contribution in [0.15, 0.2) is 0 Å². The molecule has 0 saturated heterocycles. The van der Waals surface area contributed by atoms with E-state index in [1.807, 2.05) is 0 Å². The predicted octanol–water partition coefficient (Wildman–Crippen LogP) is 4.79. The van der Waals surface area contributed by atoms with E-state index in [-0.39, 0.29) is 0 Å². The Labute approximate surface area is 137 Å². The number of nitrogens with zero attached hydrogens (tertiary/aromatic N) is 2. The maximum atomic E-state index is 5.48. The van der Waals surface area contributed by atoms with Crippen LogP contribution in [0.5, 0.6) is 0 Å². The van der Waals surface area contributed by atoms with E-state index in [0.29, 0.717) is 0 Å². The normalized spacial score (nSPS) is 10.3. The lowest BCUT2D eigenvalue weighted by Crippen LogP contribution is -2.29. The molecule has 112 valence electrons. The molecule has 0 aliphatic heterocycles. The molecule has 2 nitrogen and oxygen atoms in total. The van der Waals surface area contributed by atoms with E-state index in [2.05, 4.69) is 37.5 Å². The fraction of sp³-hybridized carbons (Fsp3) is 0.846. The summed E-state index contributed by atoms with van der Waals surface area (Å²) in [6.07, 6.45) is 3.53. The van der Waals surface area contributed by atoms with Gasteiger partial charge < -0.3 is 9.80 Å². The van der Waals surface area contributed by atoms with Crippen molar-refractivity contribution in [3.63, 3.8) is 0 Å². The Morgan fingerprint density at radius 2 is 1.26 bits per heavy atom. The van der Waals surface area contributed by atoms with Gasteiger partial charge in [-0.1, -0.05) is 44.7 Å². The van der Waals surface area contributed by atoms with Gasteiger partial charge in [0.25, 0.3) is 0 Å². The van der Waals surface area contributed by atoms with Crippen molar-refractivity contribution in [2.75, 3.05) is 26.2 Å². The summed E-state index contributed by atoms with van der Waals surface area (Å²) in [7, 11) is 3.25. The summed E-state index contributed by atoms with van der Waals surface area (Å²) in [4.78, 5) is 4.49. The Morgan fingerprint density at radius 1 is 0.789 bits per heavy atom.